The van der Waals surface area contributed by atoms with E-state index in [1.54, 1.807) is 0 Å². The Hall–Kier alpha value is -0.580. The number of nitrogens with two attached hydrogens (primary N) is 1. The Kier molecular flexibility index (Phi) is 5.03. The second-order valence-electron chi connectivity index (χ2n) is 4.94. The van der Waals surface area contributed by atoms with Gasteiger partial charge in [-0.15, -0.1) is 0 Å². The highest BCUT2D eigenvalue weighted by molar-refractivity contribution is 9.10. The Labute approximate surface area is 117 Å². The van der Waals surface area contributed by atoms with Crippen molar-refractivity contribution in [2.24, 2.45) is 11.7 Å². The molecule has 100 valence electrons. The second kappa shape index (κ2) is 6.55. The van der Waals surface area contributed by atoms with Gasteiger partial charge in [-0.2, -0.15) is 0 Å². The van der Waals surface area contributed by atoms with Crippen molar-refractivity contribution in [1.29, 1.82) is 0 Å². The van der Waals surface area contributed by atoms with Gasteiger partial charge in [0.2, 0.25) is 0 Å². The minimum Gasteiger partial charge on any atom is -0.396 e. The molecule has 1 saturated heterocycles. The summed E-state index contributed by atoms with van der Waals surface area (Å²) in [6.45, 7) is 2.99. The third-order valence-corrected chi connectivity index (χ3v) is 4.15. The highest BCUT2D eigenvalue weighted by Crippen LogP contribution is 2.29. The normalized spacial score (nSPS) is 20.2. The number of rotatable bonds is 4. The van der Waals surface area contributed by atoms with Crippen molar-refractivity contribution in [2.45, 2.75) is 25.8 Å². The van der Waals surface area contributed by atoms with Crippen LogP contribution in [0.2, 0.25) is 0 Å². The minimum absolute atomic E-state index is 0.294. The topological polar surface area (TPSA) is 49.5 Å². The zero-order chi connectivity index (χ0) is 13.0. The molecule has 0 bridgehead atoms. The van der Waals surface area contributed by atoms with E-state index < -0.39 is 0 Å². The Balaban J connectivity index is 2.15. The molecule has 2 rings (SSSR count). The first kappa shape index (κ1) is 13.8. The van der Waals surface area contributed by atoms with Crippen LogP contribution in [0.5, 0.6) is 0 Å². The van der Waals surface area contributed by atoms with Crippen molar-refractivity contribution in [2.75, 3.05) is 24.6 Å². The molecular weight excluding hydrogens is 292 g/mol. The van der Waals surface area contributed by atoms with Gasteiger partial charge >= 0.3 is 0 Å². The Morgan fingerprint density at radius 2 is 2.28 bits per heavy atom. The van der Waals surface area contributed by atoms with Crippen LogP contribution in [0.25, 0.3) is 0 Å². The number of nitrogens with zero attached hydrogens (tertiary/aromatic N) is 1. The molecule has 18 heavy (non-hydrogen) atoms. The Morgan fingerprint density at radius 3 is 3.00 bits per heavy atom. The highest BCUT2D eigenvalue weighted by Gasteiger charge is 2.21. The monoisotopic (exact) mass is 312 g/mol. The van der Waals surface area contributed by atoms with E-state index in [1.807, 2.05) is 0 Å². The van der Waals surface area contributed by atoms with Crippen molar-refractivity contribution in [3.8, 4) is 0 Å². The van der Waals surface area contributed by atoms with Gasteiger partial charge in [-0.3, -0.25) is 0 Å². The van der Waals surface area contributed by atoms with E-state index in [2.05, 4.69) is 39.0 Å². The molecule has 0 aliphatic carbocycles. The maximum atomic E-state index is 9.07. The molecular formula is C14H21BrN2O. The first-order chi connectivity index (χ1) is 8.74. The molecule has 0 radical (unpaired) electrons. The van der Waals surface area contributed by atoms with E-state index in [0.717, 1.165) is 24.0 Å². The molecule has 3 N–H and O–H groups in total. The minimum atomic E-state index is 0.294. The van der Waals surface area contributed by atoms with Crippen molar-refractivity contribution in [3.63, 3.8) is 0 Å². The average Bonchev–Trinajstić information content (AvgIpc) is 2.39. The Bertz CT molecular complexity index is 395. The van der Waals surface area contributed by atoms with Gasteiger partial charge in [-0.1, -0.05) is 15.9 Å². The zero-order valence-corrected chi connectivity index (χ0v) is 12.2. The van der Waals surface area contributed by atoms with Crippen LogP contribution in [0, 0.1) is 5.92 Å². The van der Waals surface area contributed by atoms with Crippen molar-refractivity contribution < 1.29 is 5.11 Å². The fraction of sp³-hybridized carbons (Fsp3) is 0.571. The first-order valence-corrected chi connectivity index (χ1v) is 7.38. The first-order valence-electron chi connectivity index (χ1n) is 6.59. The van der Waals surface area contributed by atoms with Crippen LogP contribution in [0.4, 0.5) is 5.69 Å². The van der Waals surface area contributed by atoms with Gasteiger partial charge in [0.15, 0.2) is 0 Å². The van der Waals surface area contributed by atoms with E-state index in [4.69, 9.17) is 10.8 Å². The summed E-state index contributed by atoms with van der Waals surface area (Å²) in [5.74, 6) is 0.609. The van der Waals surface area contributed by atoms with Gasteiger partial charge in [-0.05, 0) is 48.9 Å². The maximum absolute atomic E-state index is 9.07. The molecule has 0 aromatic heterocycles. The number of aliphatic hydroxyl groups excluding tert-OH is 1. The number of aliphatic hydroxyl groups is 1. The molecule has 3 nitrogen and oxygen atoms in total. The summed E-state index contributed by atoms with van der Waals surface area (Å²) in [5, 5.41) is 9.07. The molecule has 1 heterocycles. The quantitative estimate of drug-likeness (QED) is 0.898. The van der Waals surface area contributed by atoms with Gasteiger partial charge in [0, 0.05) is 36.4 Å². The number of hydrogen-bond donors (Lipinski definition) is 2. The fourth-order valence-corrected chi connectivity index (χ4v) is 3.14. The molecule has 1 fully saturated rings. The van der Waals surface area contributed by atoms with Crippen molar-refractivity contribution >= 4 is 21.6 Å². The summed E-state index contributed by atoms with van der Waals surface area (Å²) in [5.41, 5.74) is 8.27. The highest BCUT2D eigenvalue weighted by atomic mass is 79.9. The molecule has 0 spiro atoms. The van der Waals surface area contributed by atoms with Crippen LogP contribution in [0.3, 0.4) is 0 Å². The maximum Gasteiger partial charge on any atom is 0.0434 e. The molecule has 0 amide bonds. The van der Waals surface area contributed by atoms with Crippen molar-refractivity contribution in [1.82, 2.24) is 0 Å². The lowest BCUT2D eigenvalue weighted by Crippen LogP contribution is -2.36. The third-order valence-electron chi connectivity index (χ3n) is 3.66. The third kappa shape index (κ3) is 3.25. The van der Waals surface area contributed by atoms with Crippen LogP contribution in [0.1, 0.15) is 24.8 Å². The molecule has 0 saturated carbocycles. The number of benzene rings is 1. The molecule has 1 aliphatic rings. The van der Waals surface area contributed by atoms with E-state index >= 15 is 0 Å². The van der Waals surface area contributed by atoms with Gasteiger partial charge in [0.05, 0.1) is 0 Å². The lowest BCUT2D eigenvalue weighted by molar-refractivity contribution is 0.244. The van der Waals surface area contributed by atoms with Crippen LogP contribution in [-0.4, -0.2) is 24.8 Å². The molecule has 1 unspecified atom stereocenters. The summed E-state index contributed by atoms with van der Waals surface area (Å²) >= 11 is 3.49. The summed E-state index contributed by atoms with van der Waals surface area (Å²) in [6.07, 6.45) is 3.33. The summed E-state index contributed by atoms with van der Waals surface area (Å²) < 4.78 is 1.08. The SMILES string of the molecule is NCc1cc(Br)ccc1N1CCCC(CCO)C1. The van der Waals surface area contributed by atoms with Gasteiger partial charge in [0.25, 0.3) is 0 Å². The van der Waals surface area contributed by atoms with Gasteiger partial charge < -0.3 is 15.7 Å². The van der Waals surface area contributed by atoms with Crippen LogP contribution in [-0.2, 0) is 6.54 Å². The van der Waals surface area contributed by atoms with E-state index in [-0.39, 0.29) is 0 Å². The summed E-state index contributed by atoms with van der Waals surface area (Å²) in [7, 11) is 0. The second-order valence-corrected chi connectivity index (χ2v) is 5.86. The van der Waals surface area contributed by atoms with Gasteiger partial charge in [-0.25, -0.2) is 0 Å². The summed E-state index contributed by atoms with van der Waals surface area (Å²) in [4.78, 5) is 2.42. The predicted octanol–water partition coefficient (Wildman–Crippen LogP) is 2.51. The predicted molar refractivity (Wildman–Crippen MR) is 78.7 cm³/mol. The van der Waals surface area contributed by atoms with Crippen LogP contribution in [0.15, 0.2) is 22.7 Å². The average molecular weight is 313 g/mol. The molecule has 1 atom stereocenters. The number of hydrogen-bond acceptors (Lipinski definition) is 3. The Morgan fingerprint density at radius 1 is 1.44 bits per heavy atom. The van der Waals surface area contributed by atoms with E-state index in [0.29, 0.717) is 19.1 Å². The molecule has 1 aromatic rings. The standard InChI is InChI=1S/C14H21BrN2O/c15-13-3-4-14(12(8-13)9-16)17-6-1-2-11(10-17)5-7-18/h3-4,8,11,18H,1-2,5-7,9-10,16H2. The fourth-order valence-electron chi connectivity index (χ4n) is 2.73. The molecule has 4 heteroatoms. The largest absolute Gasteiger partial charge is 0.396 e. The van der Waals surface area contributed by atoms with Crippen molar-refractivity contribution in [3.05, 3.63) is 28.2 Å². The lowest BCUT2D eigenvalue weighted by atomic mass is 9.94. The number of anilines is 1. The molecule has 1 aliphatic heterocycles. The van der Waals surface area contributed by atoms with Gasteiger partial charge in [0.1, 0.15) is 0 Å². The molecule has 1 aromatic carbocycles. The van der Waals surface area contributed by atoms with Crippen LogP contribution < -0.4 is 10.6 Å². The van der Waals surface area contributed by atoms with E-state index in [1.165, 1.54) is 24.1 Å². The smallest absolute Gasteiger partial charge is 0.0434 e. The lowest BCUT2D eigenvalue weighted by Gasteiger charge is -2.35. The number of halogens is 1. The van der Waals surface area contributed by atoms with Crippen LogP contribution >= 0.6 is 15.9 Å². The number of piperidine rings is 1. The zero-order valence-electron chi connectivity index (χ0n) is 10.6. The summed E-state index contributed by atoms with van der Waals surface area (Å²) in [6, 6.07) is 6.32. The van der Waals surface area contributed by atoms with E-state index in [9.17, 15) is 0 Å².